The van der Waals surface area contributed by atoms with Gasteiger partial charge in [0.1, 0.15) is 0 Å². The van der Waals surface area contributed by atoms with Crippen LogP contribution < -0.4 is 5.73 Å². The van der Waals surface area contributed by atoms with E-state index in [2.05, 4.69) is 25.1 Å². The van der Waals surface area contributed by atoms with Crippen LogP contribution in [0.5, 0.6) is 0 Å². The zero-order valence-corrected chi connectivity index (χ0v) is 13.3. The number of rotatable bonds is 5. The number of nitrogens with two attached hydrogens (primary N) is 1. The Morgan fingerprint density at radius 3 is 2.77 bits per heavy atom. The van der Waals surface area contributed by atoms with Gasteiger partial charge in [0.05, 0.1) is 0 Å². The van der Waals surface area contributed by atoms with Crippen molar-refractivity contribution < 1.29 is 4.63 Å². The van der Waals surface area contributed by atoms with Gasteiger partial charge in [-0.05, 0) is 28.9 Å². The zero-order valence-electron chi connectivity index (χ0n) is 11.7. The van der Waals surface area contributed by atoms with E-state index in [1.54, 1.807) is 11.8 Å². The van der Waals surface area contributed by atoms with Crippen LogP contribution in [0.2, 0.25) is 5.02 Å². The van der Waals surface area contributed by atoms with Gasteiger partial charge in [0.15, 0.2) is 22.5 Å². The number of halogens is 1. The predicted octanol–water partition coefficient (Wildman–Crippen LogP) is 2.88. The third-order valence-electron chi connectivity index (χ3n) is 3.07. The van der Waals surface area contributed by atoms with Crippen molar-refractivity contribution in [2.75, 3.05) is 5.73 Å². The largest absolute Gasteiger partial charge is 0.379 e. The molecular formula is C13H13ClN6OS. The van der Waals surface area contributed by atoms with E-state index in [4.69, 9.17) is 17.3 Å². The van der Waals surface area contributed by atoms with Gasteiger partial charge in [-0.2, -0.15) is 0 Å². The van der Waals surface area contributed by atoms with Crippen molar-refractivity contribution in [1.82, 2.24) is 25.1 Å². The van der Waals surface area contributed by atoms with E-state index >= 15 is 0 Å². The summed E-state index contributed by atoms with van der Waals surface area (Å²) in [7, 11) is 0. The maximum absolute atomic E-state index is 6.17. The number of benzene rings is 1. The van der Waals surface area contributed by atoms with Crippen molar-refractivity contribution in [3.8, 4) is 11.5 Å². The molecule has 3 rings (SSSR count). The SMILES string of the molecule is CCn1c(SCc2ccccc2Cl)nnc1-c1nonc1N. The molecule has 0 bridgehead atoms. The van der Waals surface area contributed by atoms with Gasteiger partial charge < -0.3 is 10.3 Å². The molecule has 0 spiro atoms. The van der Waals surface area contributed by atoms with E-state index in [-0.39, 0.29) is 5.82 Å². The van der Waals surface area contributed by atoms with Gasteiger partial charge in [-0.3, -0.25) is 0 Å². The quantitative estimate of drug-likeness (QED) is 0.715. The molecular weight excluding hydrogens is 324 g/mol. The van der Waals surface area contributed by atoms with Gasteiger partial charge in [-0.25, -0.2) is 4.63 Å². The zero-order chi connectivity index (χ0) is 15.5. The molecule has 0 amide bonds. The summed E-state index contributed by atoms with van der Waals surface area (Å²) in [6, 6.07) is 7.72. The van der Waals surface area contributed by atoms with Crippen LogP contribution >= 0.6 is 23.4 Å². The number of anilines is 1. The molecule has 0 saturated carbocycles. The van der Waals surface area contributed by atoms with Gasteiger partial charge in [-0.15, -0.1) is 10.2 Å². The third kappa shape index (κ3) is 2.79. The lowest BCUT2D eigenvalue weighted by molar-refractivity contribution is 0.310. The molecule has 7 nitrogen and oxygen atoms in total. The molecule has 0 radical (unpaired) electrons. The summed E-state index contributed by atoms with van der Waals surface area (Å²) in [4.78, 5) is 0. The summed E-state index contributed by atoms with van der Waals surface area (Å²) in [5, 5.41) is 17.2. The molecule has 0 aliphatic heterocycles. The molecule has 22 heavy (non-hydrogen) atoms. The molecule has 2 aromatic heterocycles. The van der Waals surface area contributed by atoms with Crippen LogP contribution in [0.3, 0.4) is 0 Å². The van der Waals surface area contributed by atoms with Gasteiger partial charge in [0, 0.05) is 17.3 Å². The first-order chi connectivity index (χ1) is 10.7. The molecule has 0 saturated heterocycles. The van der Waals surface area contributed by atoms with Crippen molar-refractivity contribution in [1.29, 1.82) is 0 Å². The Morgan fingerprint density at radius 2 is 2.09 bits per heavy atom. The van der Waals surface area contributed by atoms with E-state index in [1.807, 2.05) is 35.8 Å². The molecule has 0 atom stereocenters. The molecule has 0 aliphatic carbocycles. The van der Waals surface area contributed by atoms with Crippen LogP contribution in [-0.2, 0) is 12.3 Å². The van der Waals surface area contributed by atoms with E-state index in [9.17, 15) is 0 Å². The topological polar surface area (TPSA) is 95.6 Å². The van der Waals surface area contributed by atoms with Gasteiger partial charge in [0.2, 0.25) is 0 Å². The minimum atomic E-state index is 0.199. The monoisotopic (exact) mass is 336 g/mol. The Bertz CT molecular complexity index is 786. The first-order valence-corrected chi connectivity index (χ1v) is 7.95. The van der Waals surface area contributed by atoms with Crippen LogP contribution in [-0.4, -0.2) is 25.1 Å². The molecule has 0 unspecified atom stereocenters. The lowest BCUT2D eigenvalue weighted by Gasteiger charge is -2.06. The van der Waals surface area contributed by atoms with Gasteiger partial charge >= 0.3 is 0 Å². The van der Waals surface area contributed by atoms with Crippen molar-refractivity contribution in [2.45, 2.75) is 24.4 Å². The van der Waals surface area contributed by atoms with E-state index in [0.29, 0.717) is 23.8 Å². The third-order valence-corrected chi connectivity index (χ3v) is 4.46. The second-order valence-corrected chi connectivity index (χ2v) is 5.78. The van der Waals surface area contributed by atoms with Crippen LogP contribution in [0.4, 0.5) is 5.82 Å². The lowest BCUT2D eigenvalue weighted by atomic mass is 10.2. The minimum Gasteiger partial charge on any atom is -0.379 e. The Hall–Kier alpha value is -2.06. The van der Waals surface area contributed by atoms with Crippen molar-refractivity contribution >= 4 is 29.2 Å². The Balaban J connectivity index is 1.85. The lowest BCUT2D eigenvalue weighted by Crippen LogP contribution is -2.01. The number of hydrogen-bond acceptors (Lipinski definition) is 7. The molecule has 2 heterocycles. The van der Waals surface area contributed by atoms with Crippen LogP contribution in [0.15, 0.2) is 34.1 Å². The molecule has 2 N–H and O–H groups in total. The average molecular weight is 337 g/mol. The maximum atomic E-state index is 6.17. The first-order valence-electron chi connectivity index (χ1n) is 6.58. The second-order valence-electron chi connectivity index (χ2n) is 4.43. The standard InChI is InChI=1S/C13H13ClN6OS/c1-2-20-12(10-11(15)19-21-18-10)16-17-13(20)22-7-8-5-3-4-6-9(8)14/h3-6H,2,7H2,1H3,(H2,15,19). The van der Waals surface area contributed by atoms with E-state index < -0.39 is 0 Å². The highest BCUT2D eigenvalue weighted by atomic mass is 35.5. The number of hydrogen-bond donors (Lipinski definition) is 1. The van der Waals surface area contributed by atoms with Crippen molar-refractivity contribution in [3.63, 3.8) is 0 Å². The molecule has 0 fully saturated rings. The molecule has 0 aliphatic rings. The van der Waals surface area contributed by atoms with E-state index in [0.717, 1.165) is 15.7 Å². The number of nitrogen functional groups attached to an aromatic ring is 1. The first kappa shape index (κ1) is 14.9. The summed E-state index contributed by atoms with van der Waals surface area (Å²) in [5.41, 5.74) is 7.16. The normalized spacial score (nSPS) is 11.0. The fourth-order valence-corrected chi connectivity index (χ4v) is 3.25. The van der Waals surface area contributed by atoms with Crippen molar-refractivity contribution in [3.05, 3.63) is 34.9 Å². The van der Waals surface area contributed by atoms with Gasteiger partial charge in [-0.1, -0.05) is 41.6 Å². The smallest absolute Gasteiger partial charge is 0.199 e. The highest BCUT2D eigenvalue weighted by Gasteiger charge is 2.19. The Kier molecular flexibility index (Phi) is 4.30. The summed E-state index contributed by atoms with van der Waals surface area (Å²) in [6.07, 6.45) is 0. The second kappa shape index (κ2) is 6.37. The summed E-state index contributed by atoms with van der Waals surface area (Å²) < 4.78 is 6.54. The van der Waals surface area contributed by atoms with Gasteiger partial charge in [0.25, 0.3) is 0 Å². The fraction of sp³-hybridized carbons (Fsp3) is 0.231. The summed E-state index contributed by atoms with van der Waals surface area (Å²) >= 11 is 7.72. The molecule has 9 heteroatoms. The molecule has 114 valence electrons. The average Bonchev–Trinajstić information content (AvgIpc) is 3.11. The molecule has 1 aromatic carbocycles. The molecule has 3 aromatic rings. The maximum Gasteiger partial charge on any atom is 0.199 e. The Labute approximate surface area is 135 Å². The highest BCUT2D eigenvalue weighted by molar-refractivity contribution is 7.98. The fourth-order valence-electron chi connectivity index (χ4n) is 1.96. The van der Waals surface area contributed by atoms with E-state index in [1.165, 1.54) is 0 Å². The minimum absolute atomic E-state index is 0.199. The Morgan fingerprint density at radius 1 is 1.27 bits per heavy atom. The number of aromatic nitrogens is 5. The number of thioether (sulfide) groups is 1. The predicted molar refractivity (Wildman–Crippen MR) is 84.4 cm³/mol. The number of nitrogens with zero attached hydrogens (tertiary/aromatic N) is 5. The summed E-state index contributed by atoms with van der Waals surface area (Å²) in [5.74, 6) is 1.44. The van der Waals surface area contributed by atoms with Crippen LogP contribution in [0.25, 0.3) is 11.5 Å². The van der Waals surface area contributed by atoms with Crippen LogP contribution in [0, 0.1) is 0 Å². The van der Waals surface area contributed by atoms with Crippen molar-refractivity contribution in [2.24, 2.45) is 0 Å². The highest BCUT2D eigenvalue weighted by Crippen LogP contribution is 2.29. The summed E-state index contributed by atoms with van der Waals surface area (Å²) in [6.45, 7) is 2.68. The van der Waals surface area contributed by atoms with Crippen LogP contribution in [0.1, 0.15) is 12.5 Å².